The maximum atomic E-state index is 12.0. The summed E-state index contributed by atoms with van der Waals surface area (Å²) in [4.78, 5) is 15.9. The van der Waals surface area contributed by atoms with Gasteiger partial charge in [0.15, 0.2) is 0 Å². The number of nitrogens with one attached hydrogen (secondary N) is 1. The van der Waals surface area contributed by atoms with E-state index in [1.807, 2.05) is 0 Å². The highest BCUT2D eigenvalue weighted by Gasteiger charge is 2.09. The van der Waals surface area contributed by atoms with Gasteiger partial charge in [0.2, 0.25) is 0 Å². The Balaban J connectivity index is 2.21. The highest BCUT2D eigenvalue weighted by atomic mass is 79.9. The van der Waals surface area contributed by atoms with Crippen LogP contribution in [0.25, 0.3) is 0 Å². The number of benzene rings is 1. The van der Waals surface area contributed by atoms with Crippen LogP contribution >= 0.6 is 27.5 Å². The molecule has 4 nitrogen and oxygen atoms in total. The standard InChI is InChI=1S/C13H10BrClN2O2/c1-19-10-6-8(14)5-9(7-10)16-13(18)11-3-2-4-12(15)17-11/h2-7H,1H3,(H,16,18). The number of rotatable bonds is 3. The first-order valence-electron chi connectivity index (χ1n) is 5.37. The van der Waals surface area contributed by atoms with Crippen molar-refractivity contribution in [2.45, 2.75) is 0 Å². The van der Waals surface area contributed by atoms with Gasteiger partial charge in [-0.15, -0.1) is 0 Å². The van der Waals surface area contributed by atoms with Crippen LogP contribution < -0.4 is 10.1 Å². The summed E-state index contributed by atoms with van der Waals surface area (Å²) in [6.07, 6.45) is 0. The number of amides is 1. The molecule has 2 rings (SSSR count). The van der Waals surface area contributed by atoms with Gasteiger partial charge in [0, 0.05) is 16.2 Å². The molecule has 0 fully saturated rings. The van der Waals surface area contributed by atoms with Crippen molar-refractivity contribution >= 4 is 39.1 Å². The average Bonchev–Trinajstić information content (AvgIpc) is 2.38. The summed E-state index contributed by atoms with van der Waals surface area (Å²) in [7, 11) is 1.56. The Morgan fingerprint density at radius 1 is 1.37 bits per heavy atom. The number of aromatic nitrogens is 1. The molecule has 1 heterocycles. The number of carbonyl (C=O) groups is 1. The van der Waals surface area contributed by atoms with Crippen molar-refractivity contribution in [2.24, 2.45) is 0 Å². The zero-order chi connectivity index (χ0) is 13.8. The molecule has 1 aromatic heterocycles. The maximum Gasteiger partial charge on any atom is 0.274 e. The van der Waals surface area contributed by atoms with Crippen LogP contribution in [-0.4, -0.2) is 18.0 Å². The Labute approximate surface area is 123 Å². The van der Waals surface area contributed by atoms with Crippen LogP contribution in [0.3, 0.4) is 0 Å². The lowest BCUT2D eigenvalue weighted by atomic mass is 10.2. The van der Waals surface area contributed by atoms with Crippen molar-refractivity contribution < 1.29 is 9.53 Å². The van der Waals surface area contributed by atoms with Gasteiger partial charge in [-0.2, -0.15) is 0 Å². The zero-order valence-corrected chi connectivity index (χ0v) is 12.3. The third-order valence-electron chi connectivity index (χ3n) is 2.31. The third-order valence-corrected chi connectivity index (χ3v) is 2.98. The van der Waals surface area contributed by atoms with Gasteiger partial charge < -0.3 is 10.1 Å². The van der Waals surface area contributed by atoms with Crippen LogP contribution in [0.2, 0.25) is 5.15 Å². The van der Waals surface area contributed by atoms with Gasteiger partial charge in [0.1, 0.15) is 16.6 Å². The fourth-order valence-electron chi connectivity index (χ4n) is 1.48. The van der Waals surface area contributed by atoms with E-state index in [1.165, 1.54) is 0 Å². The molecule has 1 amide bonds. The van der Waals surface area contributed by atoms with E-state index in [-0.39, 0.29) is 16.8 Å². The van der Waals surface area contributed by atoms with E-state index in [4.69, 9.17) is 16.3 Å². The summed E-state index contributed by atoms with van der Waals surface area (Å²) in [5.41, 5.74) is 0.865. The predicted octanol–water partition coefficient (Wildman–Crippen LogP) is 3.76. The van der Waals surface area contributed by atoms with Crippen LogP contribution in [0.15, 0.2) is 40.9 Å². The van der Waals surface area contributed by atoms with Crippen molar-refractivity contribution in [1.82, 2.24) is 4.98 Å². The van der Waals surface area contributed by atoms with Gasteiger partial charge in [-0.1, -0.05) is 33.6 Å². The highest BCUT2D eigenvalue weighted by molar-refractivity contribution is 9.10. The van der Waals surface area contributed by atoms with Crippen molar-refractivity contribution in [3.8, 4) is 5.75 Å². The Morgan fingerprint density at radius 3 is 2.84 bits per heavy atom. The fraction of sp³-hybridized carbons (Fsp3) is 0.0769. The Morgan fingerprint density at radius 2 is 2.16 bits per heavy atom. The number of carbonyl (C=O) groups excluding carboxylic acids is 1. The molecule has 0 atom stereocenters. The first-order valence-corrected chi connectivity index (χ1v) is 6.54. The van der Waals surface area contributed by atoms with Gasteiger partial charge in [0.05, 0.1) is 7.11 Å². The number of anilines is 1. The lowest BCUT2D eigenvalue weighted by molar-refractivity contribution is 0.102. The summed E-state index contributed by atoms with van der Waals surface area (Å²) < 4.78 is 5.93. The minimum atomic E-state index is -0.331. The molecule has 2 aromatic rings. The second-order valence-electron chi connectivity index (χ2n) is 3.68. The summed E-state index contributed by atoms with van der Waals surface area (Å²) in [5.74, 6) is 0.311. The summed E-state index contributed by atoms with van der Waals surface area (Å²) in [6, 6.07) is 10.2. The second kappa shape index (κ2) is 6.04. The molecule has 0 bridgehead atoms. The predicted molar refractivity (Wildman–Crippen MR) is 77.9 cm³/mol. The van der Waals surface area contributed by atoms with E-state index in [1.54, 1.807) is 43.5 Å². The minimum absolute atomic E-state index is 0.256. The topological polar surface area (TPSA) is 51.2 Å². The smallest absolute Gasteiger partial charge is 0.274 e. The summed E-state index contributed by atoms with van der Waals surface area (Å²) in [5, 5.41) is 3.01. The third kappa shape index (κ3) is 3.68. The number of methoxy groups -OCH3 is 1. The molecule has 98 valence electrons. The van der Waals surface area contributed by atoms with Gasteiger partial charge >= 0.3 is 0 Å². The van der Waals surface area contributed by atoms with E-state index >= 15 is 0 Å². The molecule has 19 heavy (non-hydrogen) atoms. The van der Waals surface area contributed by atoms with Crippen molar-refractivity contribution in [1.29, 1.82) is 0 Å². The van der Waals surface area contributed by atoms with Crippen LogP contribution in [0, 0.1) is 0 Å². The van der Waals surface area contributed by atoms with Crippen molar-refractivity contribution in [3.05, 3.63) is 51.7 Å². The van der Waals surface area contributed by atoms with Gasteiger partial charge in [-0.3, -0.25) is 4.79 Å². The minimum Gasteiger partial charge on any atom is -0.497 e. The first kappa shape index (κ1) is 13.8. The van der Waals surface area contributed by atoms with Gasteiger partial charge in [-0.25, -0.2) is 4.98 Å². The van der Waals surface area contributed by atoms with Crippen molar-refractivity contribution in [2.75, 3.05) is 12.4 Å². The highest BCUT2D eigenvalue weighted by Crippen LogP contribution is 2.24. The number of hydrogen-bond acceptors (Lipinski definition) is 3. The monoisotopic (exact) mass is 340 g/mol. The van der Waals surface area contributed by atoms with Crippen LogP contribution in [0.4, 0.5) is 5.69 Å². The Kier molecular flexibility index (Phi) is 4.39. The summed E-state index contributed by atoms with van der Waals surface area (Å²) >= 11 is 9.09. The molecule has 1 N–H and O–H groups in total. The Bertz CT molecular complexity index is 619. The maximum absolute atomic E-state index is 12.0. The van der Waals surface area contributed by atoms with Crippen LogP contribution in [-0.2, 0) is 0 Å². The number of nitrogens with zero attached hydrogens (tertiary/aromatic N) is 1. The van der Waals surface area contributed by atoms with Gasteiger partial charge in [0.25, 0.3) is 5.91 Å². The fourth-order valence-corrected chi connectivity index (χ4v) is 2.12. The van der Waals surface area contributed by atoms with E-state index in [9.17, 15) is 4.79 Å². The van der Waals surface area contributed by atoms with Crippen LogP contribution in [0.5, 0.6) is 5.75 Å². The number of halogens is 2. The SMILES string of the molecule is COc1cc(Br)cc(NC(=O)c2cccc(Cl)n2)c1. The molecule has 0 saturated heterocycles. The Hall–Kier alpha value is -1.59. The van der Waals surface area contributed by atoms with E-state index in [0.29, 0.717) is 11.4 Å². The number of pyridine rings is 1. The van der Waals surface area contributed by atoms with Crippen molar-refractivity contribution in [3.63, 3.8) is 0 Å². The molecule has 0 unspecified atom stereocenters. The molecule has 0 saturated carbocycles. The molecule has 0 spiro atoms. The largest absolute Gasteiger partial charge is 0.497 e. The molecular weight excluding hydrogens is 332 g/mol. The first-order chi connectivity index (χ1) is 9.08. The van der Waals surface area contributed by atoms with E-state index < -0.39 is 0 Å². The molecule has 0 aliphatic carbocycles. The molecule has 0 aliphatic rings. The lowest BCUT2D eigenvalue weighted by Gasteiger charge is -2.08. The quantitative estimate of drug-likeness (QED) is 0.865. The lowest BCUT2D eigenvalue weighted by Crippen LogP contribution is -2.13. The summed E-state index contributed by atoms with van der Waals surface area (Å²) in [6.45, 7) is 0. The molecule has 1 aromatic carbocycles. The van der Waals surface area contributed by atoms with Crippen LogP contribution in [0.1, 0.15) is 10.5 Å². The van der Waals surface area contributed by atoms with Gasteiger partial charge in [-0.05, 0) is 24.3 Å². The number of hydrogen-bond donors (Lipinski definition) is 1. The molecule has 0 radical (unpaired) electrons. The molecular formula is C13H10BrClN2O2. The number of ether oxygens (including phenoxy) is 1. The normalized spacial score (nSPS) is 10.1. The van der Waals surface area contributed by atoms with E-state index in [0.717, 1.165) is 4.47 Å². The second-order valence-corrected chi connectivity index (χ2v) is 4.98. The average molecular weight is 342 g/mol. The van der Waals surface area contributed by atoms with E-state index in [2.05, 4.69) is 26.2 Å². The zero-order valence-electron chi connectivity index (χ0n) is 9.98. The molecule has 6 heteroatoms. The molecule has 0 aliphatic heterocycles.